The zero-order valence-electron chi connectivity index (χ0n) is 18.5. The second-order valence-corrected chi connectivity index (χ2v) is 13.2. The number of sulfonamides is 1. The molecule has 184 valence electrons. The fraction of sp³-hybridized carbons (Fsp3) is 0.417. The van der Waals surface area contributed by atoms with Crippen molar-refractivity contribution in [2.75, 3.05) is 12.3 Å². The van der Waals surface area contributed by atoms with Gasteiger partial charge in [-0.3, -0.25) is 0 Å². The smallest absolute Gasteiger partial charge is 0.214 e. The number of sulfone groups is 1. The van der Waals surface area contributed by atoms with Crippen LogP contribution in [-0.2, 0) is 31.3 Å². The summed E-state index contributed by atoms with van der Waals surface area (Å²) in [5.41, 5.74) is 0.0374. The molecule has 2 aliphatic rings. The molecule has 1 saturated heterocycles. The fourth-order valence-electron chi connectivity index (χ4n) is 5.42. The zero-order chi connectivity index (χ0) is 24.7. The third-order valence-corrected chi connectivity index (χ3v) is 11.5. The van der Waals surface area contributed by atoms with E-state index >= 15 is 4.39 Å². The van der Waals surface area contributed by atoms with E-state index in [4.69, 9.17) is 0 Å². The van der Waals surface area contributed by atoms with E-state index in [-0.39, 0.29) is 54.4 Å². The predicted octanol–water partition coefficient (Wildman–Crippen LogP) is 4.49. The molecule has 0 radical (unpaired) electrons. The highest BCUT2D eigenvalue weighted by molar-refractivity contribution is 7.92. The van der Waals surface area contributed by atoms with Gasteiger partial charge in [-0.2, -0.15) is 4.31 Å². The lowest BCUT2D eigenvalue weighted by molar-refractivity contribution is 0.140. The van der Waals surface area contributed by atoms with Crippen LogP contribution < -0.4 is 0 Å². The Labute approximate surface area is 198 Å². The van der Waals surface area contributed by atoms with Crippen LogP contribution in [0, 0.1) is 17.6 Å². The molecule has 34 heavy (non-hydrogen) atoms. The predicted molar refractivity (Wildman–Crippen MR) is 123 cm³/mol. The monoisotopic (exact) mass is 513 g/mol. The summed E-state index contributed by atoms with van der Waals surface area (Å²) in [4.78, 5) is -0.113. The molecule has 0 N–H and O–H groups in total. The van der Waals surface area contributed by atoms with Crippen molar-refractivity contribution in [1.82, 2.24) is 4.31 Å². The average Bonchev–Trinajstić information content (AvgIpc) is 2.82. The average molecular weight is 514 g/mol. The number of hydrogen-bond donors (Lipinski definition) is 0. The first-order chi connectivity index (χ1) is 16.1. The SMILES string of the molecule is C=CCN1[C@H]2CC[C@@](c3cc(F)ccc3F)(S(=O)(=O)c3ccc(CF)cc3)C[C@H]2CCS1(=O)=O. The van der Waals surface area contributed by atoms with Crippen LogP contribution in [0.5, 0.6) is 0 Å². The van der Waals surface area contributed by atoms with Gasteiger partial charge in [-0.25, -0.2) is 30.0 Å². The molecule has 1 heterocycles. The van der Waals surface area contributed by atoms with Crippen LogP contribution >= 0.6 is 0 Å². The van der Waals surface area contributed by atoms with Crippen molar-refractivity contribution in [3.63, 3.8) is 0 Å². The molecule has 2 aromatic carbocycles. The number of hydrogen-bond acceptors (Lipinski definition) is 4. The van der Waals surface area contributed by atoms with E-state index < -0.39 is 49.0 Å². The van der Waals surface area contributed by atoms with E-state index in [0.717, 1.165) is 18.2 Å². The van der Waals surface area contributed by atoms with Crippen LogP contribution in [0.3, 0.4) is 0 Å². The molecule has 1 aliphatic heterocycles. The van der Waals surface area contributed by atoms with Gasteiger partial charge in [-0.1, -0.05) is 18.2 Å². The van der Waals surface area contributed by atoms with E-state index in [2.05, 4.69) is 6.58 Å². The van der Waals surface area contributed by atoms with Gasteiger partial charge in [0.15, 0.2) is 9.84 Å². The van der Waals surface area contributed by atoms with Gasteiger partial charge in [0.25, 0.3) is 0 Å². The van der Waals surface area contributed by atoms with E-state index in [0.29, 0.717) is 5.56 Å². The van der Waals surface area contributed by atoms with Crippen LogP contribution in [0.2, 0.25) is 0 Å². The molecule has 3 atom stereocenters. The van der Waals surface area contributed by atoms with Crippen LogP contribution in [-0.4, -0.2) is 39.5 Å². The zero-order valence-corrected chi connectivity index (χ0v) is 20.1. The maximum Gasteiger partial charge on any atom is 0.214 e. The number of alkyl halides is 1. The van der Waals surface area contributed by atoms with E-state index in [1.54, 1.807) is 0 Å². The number of nitrogens with zero attached hydrogens (tertiary/aromatic N) is 1. The first kappa shape index (κ1) is 24.9. The topological polar surface area (TPSA) is 71.5 Å². The molecule has 0 amide bonds. The molecule has 0 bridgehead atoms. The van der Waals surface area contributed by atoms with Crippen LogP contribution in [0.15, 0.2) is 60.0 Å². The van der Waals surface area contributed by atoms with E-state index in [9.17, 15) is 25.6 Å². The molecule has 2 aromatic rings. The summed E-state index contributed by atoms with van der Waals surface area (Å²) in [7, 11) is -7.79. The van der Waals surface area contributed by atoms with Crippen molar-refractivity contribution < 1.29 is 30.0 Å². The van der Waals surface area contributed by atoms with Crippen molar-refractivity contribution >= 4 is 19.9 Å². The van der Waals surface area contributed by atoms with Crippen LogP contribution in [0.25, 0.3) is 0 Å². The quantitative estimate of drug-likeness (QED) is 0.534. The summed E-state index contributed by atoms with van der Waals surface area (Å²) < 4.78 is 95.3. The van der Waals surface area contributed by atoms with Crippen LogP contribution in [0.1, 0.15) is 36.8 Å². The standard InChI is InChI=1S/C24H26F3NO4S2/c1-2-12-28-23-9-11-24(15-18(23)10-13-33(28,29)30,21-14-19(26)5-8-22(21)27)34(31,32)20-6-3-17(16-25)4-7-20/h2-8,14,18,23H,1,9-13,15-16H2/t18-,23+,24-/m1/s1. The summed E-state index contributed by atoms with van der Waals surface area (Å²) >= 11 is 0. The highest BCUT2D eigenvalue weighted by Gasteiger charge is 2.55. The first-order valence-electron chi connectivity index (χ1n) is 11.0. The van der Waals surface area contributed by atoms with Gasteiger partial charge in [-0.05, 0) is 67.5 Å². The summed E-state index contributed by atoms with van der Waals surface area (Å²) in [5, 5.41) is 0. The van der Waals surface area contributed by atoms with Gasteiger partial charge in [-0.15, -0.1) is 6.58 Å². The second-order valence-electron chi connectivity index (χ2n) is 8.93. The highest BCUT2D eigenvalue weighted by Crippen LogP contribution is 2.52. The molecular formula is C24H26F3NO4S2. The molecule has 2 fully saturated rings. The minimum atomic E-state index is -4.27. The molecular weight excluding hydrogens is 487 g/mol. The summed E-state index contributed by atoms with van der Waals surface area (Å²) in [6.45, 7) is 2.97. The van der Waals surface area contributed by atoms with Gasteiger partial charge < -0.3 is 0 Å². The van der Waals surface area contributed by atoms with Crippen molar-refractivity contribution in [3.05, 3.63) is 77.9 Å². The molecule has 10 heteroatoms. The van der Waals surface area contributed by atoms with Gasteiger partial charge >= 0.3 is 0 Å². The maximum atomic E-state index is 15.1. The fourth-order valence-corrected chi connectivity index (χ4v) is 9.48. The molecule has 0 spiro atoms. The normalized spacial score (nSPS) is 27.1. The Morgan fingerprint density at radius 3 is 2.47 bits per heavy atom. The van der Waals surface area contributed by atoms with Gasteiger partial charge in [0.1, 0.15) is 23.1 Å². The lowest BCUT2D eigenvalue weighted by Crippen LogP contribution is -2.56. The Hall–Kier alpha value is -2.17. The third-order valence-electron chi connectivity index (χ3n) is 7.08. The molecule has 0 unspecified atom stereocenters. The molecule has 1 saturated carbocycles. The maximum absolute atomic E-state index is 15.1. The second kappa shape index (κ2) is 9.13. The Kier molecular flexibility index (Phi) is 6.69. The lowest BCUT2D eigenvalue weighted by Gasteiger charge is -2.49. The van der Waals surface area contributed by atoms with Crippen molar-refractivity contribution in [2.24, 2.45) is 5.92 Å². The number of fused-ring (bicyclic) bond motifs is 1. The number of benzene rings is 2. The van der Waals surface area contributed by atoms with Gasteiger partial charge in [0, 0.05) is 18.2 Å². The lowest BCUT2D eigenvalue weighted by atomic mass is 9.73. The van der Waals surface area contributed by atoms with E-state index in [1.807, 2.05) is 0 Å². The van der Waals surface area contributed by atoms with Crippen LogP contribution in [0.4, 0.5) is 13.2 Å². The largest absolute Gasteiger partial charge is 0.246 e. The molecule has 5 nitrogen and oxygen atoms in total. The molecule has 1 aliphatic carbocycles. The van der Waals surface area contributed by atoms with Gasteiger partial charge in [0.2, 0.25) is 10.0 Å². The minimum absolute atomic E-state index is 0.0611. The third kappa shape index (κ3) is 4.09. The summed E-state index contributed by atoms with van der Waals surface area (Å²) in [6, 6.07) is 7.58. The molecule has 4 rings (SSSR count). The van der Waals surface area contributed by atoms with Crippen molar-refractivity contribution in [3.8, 4) is 0 Å². The Morgan fingerprint density at radius 1 is 1.12 bits per heavy atom. The summed E-state index contributed by atoms with van der Waals surface area (Å²) in [6.07, 6.45) is 1.71. The Morgan fingerprint density at radius 2 is 1.82 bits per heavy atom. The number of halogens is 3. The highest BCUT2D eigenvalue weighted by atomic mass is 32.2. The van der Waals surface area contributed by atoms with Crippen molar-refractivity contribution in [2.45, 2.75) is 48.0 Å². The Bertz CT molecular complexity index is 1300. The Balaban J connectivity index is 1.86. The number of rotatable bonds is 6. The van der Waals surface area contributed by atoms with Gasteiger partial charge in [0.05, 0.1) is 10.6 Å². The van der Waals surface area contributed by atoms with Crippen molar-refractivity contribution in [1.29, 1.82) is 0 Å². The first-order valence-corrected chi connectivity index (χ1v) is 14.1. The van der Waals surface area contributed by atoms with E-state index in [1.165, 1.54) is 34.6 Å². The minimum Gasteiger partial charge on any atom is -0.246 e. The summed E-state index contributed by atoms with van der Waals surface area (Å²) in [5.74, 6) is -2.13. The molecule has 0 aromatic heterocycles.